The van der Waals surface area contributed by atoms with E-state index in [9.17, 15) is 4.79 Å². The zero-order valence-corrected chi connectivity index (χ0v) is 22.3. The first-order valence-electron chi connectivity index (χ1n) is 10.5. The first kappa shape index (κ1) is 28.4. The van der Waals surface area contributed by atoms with Crippen molar-refractivity contribution in [3.63, 3.8) is 0 Å². The summed E-state index contributed by atoms with van der Waals surface area (Å²) in [7, 11) is 1.65. The van der Waals surface area contributed by atoms with Crippen LogP contribution in [0.3, 0.4) is 0 Å². The lowest BCUT2D eigenvalue weighted by Crippen LogP contribution is -2.06. The van der Waals surface area contributed by atoms with E-state index in [4.69, 9.17) is 9.47 Å². The summed E-state index contributed by atoms with van der Waals surface area (Å²) >= 11 is 7.04. The molecule has 0 amide bonds. The van der Waals surface area contributed by atoms with E-state index < -0.39 is 0 Å². The molecule has 174 valence electrons. The van der Waals surface area contributed by atoms with E-state index in [2.05, 4.69) is 31.9 Å². The summed E-state index contributed by atoms with van der Waals surface area (Å²) in [5.41, 5.74) is 1.04. The van der Waals surface area contributed by atoms with Gasteiger partial charge in [0.2, 0.25) is 0 Å². The molecular weight excluding hydrogens is 544 g/mol. The summed E-state index contributed by atoms with van der Waals surface area (Å²) in [6.45, 7) is 4.44. The van der Waals surface area contributed by atoms with Crippen LogP contribution in [0.4, 0.5) is 0 Å². The number of halogens is 2. The fraction of sp³-hybridized carbons (Fsp3) is 0.179. The van der Waals surface area contributed by atoms with Gasteiger partial charge in [0.25, 0.3) is 0 Å². The molecule has 0 heterocycles. The minimum absolute atomic E-state index is 0.320. The Kier molecular flexibility index (Phi) is 15.4. The van der Waals surface area contributed by atoms with Gasteiger partial charge in [-0.3, -0.25) is 0 Å². The van der Waals surface area contributed by atoms with Crippen molar-refractivity contribution in [2.75, 3.05) is 13.7 Å². The van der Waals surface area contributed by atoms with E-state index in [0.29, 0.717) is 12.5 Å². The molecule has 0 radical (unpaired) electrons. The van der Waals surface area contributed by atoms with E-state index in [1.165, 1.54) is 6.08 Å². The molecule has 0 spiro atoms. The first-order valence-corrected chi connectivity index (χ1v) is 12.1. The number of allylic oxidation sites excluding steroid dienone is 14. The van der Waals surface area contributed by atoms with Crippen molar-refractivity contribution < 1.29 is 14.3 Å². The molecule has 0 aliphatic carbocycles. The van der Waals surface area contributed by atoms with Crippen LogP contribution in [0.1, 0.15) is 19.4 Å². The minimum atomic E-state index is -0.320. The molecule has 0 aromatic heterocycles. The van der Waals surface area contributed by atoms with Gasteiger partial charge in [0.05, 0.1) is 18.2 Å². The zero-order chi connectivity index (χ0) is 24.3. The summed E-state index contributed by atoms with van der Waals surface area (Å²) in [5.74, 6) is 0.813. The van der Waals surface area contributed by atoms with Gasteiger partial charge in [0, 0.05) is 10.6 Å². The second-order valence-corrected chi connectivity index (χ2v) is 8.77. The van der Waals surface area contributed by atoms with E-state index in [0.717, 1.165) is 20.3 Å². The number of methoxy groups -OCH3 is 1. The van der Waals surface area contributed by atoms with Gasteiger partial charge >= 0.3 is 5.97 Å². The van der Waals surface area contributed by atoms with Gasteiger partial charge in [-0.05, 0) is 45.6 Å². The van der Waals surface area contributed by atoms with Gasteiger partial charge in [-0.25, -0.2) is 4.79 Å². The third-order valence-electron chi connectivity index (χ3n) is 3.79. The number of ether oxygens (including phenoxy) is 2. The molecule has 1 aromatic rings. The zero-order valence-electron chi connectivity index (χ0n) is 19.2. The Hall–Kier alpha value is -2.63. The molecular formula is C28H30Br2O3. The Morgan fingerprint density at radius 3 is 1.91 bits per heavy atom. The van der Waals surface area contributed by atoms with E-state index >= 15 is 0 Å². The number of carbonyl (C=O) groups excluding carboxylic acids is 1. The standard InChI is InChI=1S/C28H30Br2O3/c1-23(2)22-33-28(31)18-16-14-12-10-8-6-4-5-7-9-11-13-15-17-25(29)24-19-20-26(30)27(21-24)32-3/h4-21,23H,22H2,1-3H3. The maximum Gasteiger partial charge on any atom is 0.330 e. The van der Waals surface area contributed by atoms with Crippen LogP contribution < -0.4 is 4.74 Å². The highest BCUT2D eigenvalue weighted by atomic mass is 79.9. The molecule has 33 heavy (non-hydrogen) atoms. The number of hydrogen-bond acceptors (Lipinski definition) is 3. The van der Waals surface area contributed by atoms with Crippen LogP contribution in [0.2, 0.25) is 0 Å². The monoisotopic (exact) mass is 572 g/mol. The third kappa shape index (κ3) is 14.2. The van der Waals surface area contributed by atoms with Gasteiger partial charge in [0.15, 0.2) is 0 Å². The van der Waals surface area contributed by atoms with Gasteiger partial charge < -0.3 is 9.47 Å². The maximum atomic E-state index is 11.4. The van der Waals surface area contributed by atoms with Crippen molar-refractivity contribution in [2.24, 2.45) is 5.92 Å². The van der Waals surface area contributed by atoms with Gasteiger partial charge in [-0.15, -0.1) is 0 Å². The van der Waals surface area contributed by atoms with Gasteiger partial charge in [-0.1, -0.05) is 115 Å². The summed E-state index contributed by atoms with van der Waals surface area (Å²) in [5, 5.41) is 0. The van der Waals surface area contributed by atoms with E-state index in [1.54, 1.807) is 19.3 Å². The fourth-order valence-electron chi connectivity index (χ4n) is 2.18. The Morgan fingerprint density at radius 1 is 0.879 bits per heavy atom. The summed E-state index contributed by atoms with van der Waals surface area (Å²) in [6, 6.07) is 5.94. The second-order valence-electron chi connectivity index (χ2n) is 7.06. The summed E-state index contributed by atoms with van der Waals surface area (Å²) < 4.78 is 12.3. The van der Waals surface area contributed by atoms with Crippen molar-refractivity contribution in [1.82, 2.24) is 0 Å². The third-order valence-corrected chi connectivity index (χ3v) is 5.17. The van der Waals surface area contributed by atoms with Crippen molar-refractivity contribution in [1.29, 1.82) is 0 Å². The van der Waals surface area contributed by atoms with Crippen LogP contribution in [-0.2, 0) is 9.53 Å². The molecule has 0 fully saturated rings. The van der Waals surface area contributed by atoms with Crippen LogP contribution in [0.5, 0.6) is 5.75 Å². The van der Waals surface area contributed by atoms with Crippen molar-refractivity contribution in [2.45, 2.75) is 13.8 Å². The Morgan fingerprint density at radius 2 is 1.39 bits per heavy atom. The molecule has 5 heteroatoms. The predicted octanol–water partition coefficient (Wildman–Crippen LogP) is 8.29. The summed E-state index contributed by atoms with van der Waals surface area (Å²) in [6.07, 6.45) is 28.1. The molecule has 3 nitrogen and oxygen atoms in total. The number of carbonyl (C=O) groups is 1. The van der Waals surface area contributed by atoms with Crippen molar-refractivity contribution in [3.8, 4) is 5.75 Å². The van der Waals surface area contributed by atoms with Crippen molar-refractivity contribution >= 4 is 42.3 Å². The molecule has 0 N–H and O–H groups in total. The lowest BCUT2D eigenvalue weighted by Gasteiger charge is -2.05. The van der Waals surface area contributed by atoms with Crippen LogP contribution in [0, 0.1) is 5.92 Å². The van der Waals surface area contributed by atoms with Crippen molar-refractivity contribution in [3.05, 3.63) is 119 Å². The summed E-state index contributed by atoms with van der Waals surface area (Å²) in [4.78, 5) is 11.4. The second kappa shape index (κ2) is 17.9. The first-order chi connectivity index (χ1) is 15.9. The van der Waals surface area contributed by atoms with Gasteiger partial charge in [-0.2, -0.15) is 0 Å². The van der Waals surface area contributed by atoms with E-state index in [1.807, 2.05) is 105 Å². The Balaban J connectivity index is 2.34. The van der Waals surface area contributed by atoms with Crippen LogP contribution in [0.15, 0.2) is 114 Å². The molecule has 0 saturated heterocycles. The molecule has 0 atom stereocenters. The topological polar surface area (TPSA) is 35.5 Å². The SMILES string of the molecule is COc1cc(C(Br)=CC=CC=CC=CC=CC=CC=CC=CC(=O)OCC(C)C)ccc1Br. The fourth-order valence-corrected chi connectivity index (χ4v) is 2.99. The number of rotatable bonds is 12. The number of benzene rings is 1. The highest BCUT2D eigenvalue weighted by molar-refractivity contribution is 9.15. The molecule has 0 bridgehead atoms. The smallest absolute Gasteiger partial charge is 0.330 e. The Bertz CT molecular complexity index is 975. The lowest BCUT2D eigenvalue weighted by atomic mass is 10.2. The van der Waals surface area contributed by atoms with Crippen LogP contribution in [0.25, 0.3) is 4.48 Å². The minimum Gasteiger partial charge on any atom is -0.496 e. The highest BCUT2D eigenvalue weighted by Crippen LogP contribution is 2.30. The highest BCUT2D eigenvalue weighted by Gasteiger charge is 2.03. The average molecular weight is 574 g/mol. The molecule has 1 aromatic carbocycles. The van der Waals surface area contributed by atoms with Crippen LogP contribution >= 0.6 is 31.9 Å². The number of hydrogen-bond donors (Lipinski definition) is 0. The van der Waals surface area contributed by atoms with E-state index in [-0.39, 0.29) is 5.97 Å². The number of esters is 1. The predicted molar refractivity (Wildman–Crippen MR) is 147 cm³/mol. The normalized spacial score (nSPS) is 13.5. The molecule has 0 aliphatic heterocycles. The lowest BCUT2D eigenvalue weighted by molar-refractivity contribution is -0.138. The average Bonchev–Trinajstić information content (AvgIpc) is 2.80. The Labute approximate surface area is 214 Å². The van der Waals surface area contributed by atoms with Crippen LogP contribution in [-0.4, -0.2) is 19.7 Å². The molecule has 1 rings (SSSR count). The van der Waals surface area contributed by atoms with Gasteiger partial charge in [0.1, 0.15) is 5.75 Å². The maximum absolute atomic E-state index is 11.4. The molecule has 0 aliphatic rings. The molecule has 0 saturated carbocycles. The quantitative estimate of drug-likeness (QED) is 0.143. The largest absolute Gasteiger partial charge is 0.496 e. The molecule has 0 unspecified atom stereocenters.